The summed E-state index contributed by atoms with van der Waals surface area (Å²) >= 11 is 0. The van der Waals surface area contributed by atoms with Gasteiger partial charge in [-0.1, -0.05) is 6.07 Å². The van der Waals surface area contributed by atoms with Crippen molar-refractivity contribution in [2.45, 2.75) is 19.0 Å². The maximum atomic E-state index is 12.9. The Hall–Kier alpha value is -3.03. The molecule has 1 heterocycles. The molecule has 3 rings (SSSR count). The zero-order valence-corrected chi connectivity index (χ0v) is 15.8. The van der Waals surface area contributed by atoms with Gasteiger partial charge in [0, 0.05) is 24.3 Å². The Morgan fingerprint density at radius 3 is 2.52 bits per heavy atom. The second-order valence-electron chi connectivity index (χ2n) is 6.89. The van der Waals surface area contributed by atoms with Gasteiger partial charge in [-0.15, -0.1) is 0 Å². The Morgan fingerprint density at radius 1 is 1.14 bits per heavy atom. The molecule has 1 atom stereocenters. The van der Waals surface area contributed by atoms with E-state index in [1.165, 1.54) is 17.0 Å². The van der Waals surface area contributed by atoms with Crippen molar-refractivity contribution in [3.8, 4) is 5.75 Å². The third kappa shape index (κ3) is 5.07. The molecule has 0 bridgehead atoms. The number of rotatable bonds is 4. The monoisotopic (exact) mass is 406 g/mol. The Labute approximate surface area is 166 Å². The number of nitrogens with one attached hydrogen (secondary N) is 1. The Bertz CT molecular complexity index is 881. The number of carbonyl (C=O) groups excluding carboxylic acids is 2. The molecule has 2 aromatic carbocycles. The molecule has 0 aromatic heterocycles. The van der Waals surface area contributed by atoms with Gasteiger partial charge in [-0.05, 0) is 55.3 Å². The average molecular weight is 406 g/mol. The second kappa shape index (κ2) is 8.55. The van der Waals surface area contributed by atoms with Crippen molar-refractivity contribution in [3.63, 3.8) is 0 Å². The van der Waals surface area contributed by atoms with Gasteiger partial charge in [-0.25, -0.2) is 0 Å². The number of methoxy groups -OCH3 is 1. The lowest BCUT2D eigenvalue weighted by Crippen LogP contribution is -2.43. The molecule has 0 saturated carbocycles. The maximum Gasteiger partial charge on any atom is 0.416 e. The van der Waals surface area contributed by atoms with Gasteiger partial charge in [0.15, 0.2) is 0 Å². The fourth-order valence-electron chi connectivity index (χ4n) is 3.31. The molecule has 0 aliphatic carbocycles. The number of benzene rings is 2. The number of alkyl halides is 3. The van der Waals surface area contributed by atoms with Crippen LogP contribution in [0.2, 0.25) is 0 Å². The number of halogens is 3. The molecular formula is C21H21F3N2O3. The van der Waals surface area contributed by atoms with Crippen LogP contribution in [0.1, 0.15) is 28.8 Å². The van der Waals surface area contributed by atoms with Gasteiger partial charge in [0.25, 0.3) is 5.91 Å². The Kier molecular flexibility index (Phi) is 6.10. The van der Waals surface area contributed by atoms with E-state index in [1.54, 1.807) is 31.4 Å². The lowest BCUT2D eigenvalue weighted by Gasteiger charge is -2.32. The molecule has 5 nitrogen and oxygen atoms in total. The van der Waals surface area contributed by atoms with E-state index in [0.29, 0.717) is 30.8 Å². The molecule has 1 saturated heterocycles. The van der Waals surface area contributed by atoms with Crippen molar-refractivity contribution in [2.24, 2.45) is 5.92 Å². The summed E-state index contributed by atoms with van der Waals surface area (Å²) in [5.41, 5.74) is -0.290. The molecule has 0 radical (unpaired) electrons. The van der Waals surface area contributed by atoms with E-state index in [2.05, 4.69) is 5.32 Å². The van der Waals surface area contributed by atoms with Crippen LogP contribution in [-0.2, 0) is 11.0 Å². The minimum Gasteiger partial charge on any atom is -0.497 e. The quantitative estimate of drug-likeness (QED) is 0.828. The average Bonchev–Trinajstić information content (AvgIpc) is 2.73. The van der Waals surface area contributed by atoms with E-state index in [-0.39, 0.29) is 18.0 Å². The lowest BCUT2D eigenvalue weighted by molar-refractivity contribution is -0.137. The highest BCUT2D eigenvalue weighted by Crippen LogP contribution is 2.30. The number of carbonyl (C=O) groups is 2. The topological polar surface area (TPSA) is 58.6 Å². The van der Waals surface area contributed by atoms with Gasteiger partial charge in [0.1, 0.15) is 5.75 Å². The predicted molar refractivity (Wildman–Crippen MR) is 102 cm³/mol. The summed E-state index contributed by atoms with van der Waals surface area (Å²) in [6, 6.07) is 11.2. The maximum absolute atomic E-state index is 12.9. The van der Waals surface area contributed by atoms with E-state index in [9.17, 15) is 22.8 Å². The zero-order chi connectivity index (χ0) is 21.0. The molecule has 0 spiro atoms. The molecule has 8 heteroatoms. The minimum absolute atomic E-state index is 0.0314. The largest absolute Gasteiger partial charge is 0.497 e. The van der Waals surface area contributed by atoms with Gasteiger partial charge in [-0.3, -0.25) is 9.59 Å². The third-order valence-corrected chi connectivity index (χ3v) is 4.87. The van der Waals surface area contributed by atoms with Crippen LogP contribution in [0.4, 0.5) is 18.9 Å². The summed E-state index contributed by atoms with van der Waals surface area (Å²) in [5, 5.41) is 2.81. The smallest absolute Gasteiger partial charge is 0.416 e. The second-order valence-corrected chi connectivity index (χ2v) is 6.89. The number of piperidine rings is 1. The lowest BCUT2D eigenvalue weighted by atomic mass is 9.96. The van der Waals surface area contributed by atoms with Crippen molar-refractivity contribution >= 4 is 17.5 Å². The number of anilines is 1. The van der Waals surface area contributed by atoms with E-state index in [4.69, 9.17) is 4.74 Å². The zero-order valence-electron chi connectivity index (χ0n) is 15.8. The molecule has 1 N–H and O–H groups in total. The summed E-state index contributed by atoms with van der Waals surface area (Å²) in [6.07, 6.45) is -3.31. The van der Waals surface area contributed by atoms with Crippen LogP contribution in [-0.4, -0.2) is 36.9 Å². The summed E-state index contributed by atoms with van der Waals surface area (Å²) < 4.78 is 43.8. The number of likely N-dealkylation sites (tertiary alicyclic amines) is 1. The summed E-state index contributed by atoms with van der Waals surface area (Å²) in [6.45, 7) is 0.568. The first-order valence-electron chi connectivity index (χ1n) is 9.19. The normalized spacial score (nSPS) is 17.0. The highest BCUT2D eigenvalue weighted by atomic mass is 19.4. The van der Waals surface area contributed by atoms with Gasteiger partial charge >= 0.3 is 6.18 Å². The molecule has 1 aliphatic rings. The Morgan fingerprint density at radius 2 is 1.86 bits per heavy atom. The number of amides is 2. The van der Waals surface area contributed by atoms with Gasteiger partial charge in [-0.2, -0.15) is 13.2 Å². The van der Waals surface area contributed by atoms with Crippen LogP contribution in [0.5, 0.6) is 5.75 Å². The number of nitrogens with zero attached hydrogens (tertiary/aromatic N) is 1. The molecule has 154 valence electrons. The van der Waals surface area contributed by atoms with Crippen LogP contribution < -0.4 is 10.1 Å². The summed E-state index contributed by atoms with van der Waals surface area (Å²) in [5.74, 6) is -0.492. The number of hydrogen-bond acceptors (Lipinski definition) is 3. The van der Waals surface area contributed by atoms with Crippen molar-refractivity contribution in [2.75, 3.05) is 25.5 Å². The highest BCUT2D eigenvalue weighted by molar-refractivity contribution is 5.96. The van der Waals surface area contributed by atoms with Gasteiger partial charge in [0.05, 0.1) is 18.6 Å². The highest BCUT2D eigenvalue weighted by Gasteiger charge is 2.33. The van der Waals surface area contributed by atoms with Crippen LogP contribution in [0.15, 0.2) is 48.5 Å². The fourth-order valence-corrected chi connectivity index (χ4v) is 3.31. The van der Waals surface area contributed by atoms with Crippen molar-refractivity contribution in [1.29, 1.82) is 0 Å². The van der Waals surface area contributed by atoms with Crippen LogP contribution in [0, 0.1) is 5.92 Å². The van der Waals surface area contributed by atoms with Crippen molar-refractivity contribution in [3.05, 3.63) is 59.7 Å². The van der Waals surface area contributed by atoms with Crippen LogP contribution in [0.3, 0.4) is 0 Å². The summed E-state index contributed by atoms with van der Waals surface area (Å²) in [7, 11) is 1.55. The van der Waals surface area contributed by atoms with E-state index in [1.807, 2.05) is 0 Å². The molecule has 2 aromatic rings. The summed E-state index contributed by atoms with van der Waals surface area (Å²) in [4.78, 5) is 26.7. The molecular weight excluding hydrogens is 385 g/mol. The first kappa shape index (κ1) is 20.7. The first-order valence-corrected chi connectivity index (χ1v) is 9.19. The number of hydrogen-bond donors (Lipinski definition) is 1. The Balaban J connectivity index is 1.66. The molecule has 1 aliphatic heterocycles. The van der Waals surface area contributed by atoms with Crippen LogP contribution in [0.25, 0.3) is 0 Å². The van der Waals surface area contributed by atoms with Gasteiger partial charge in [0.2, 0.25) is 5.91 Å². The van der Waals surface area contributed by atoms with Gasteiger partial charge < -0.3 is 15.0 Å². The predicted octanol–water partition coefficient (Wildman–Crippen LogP) is 4.20. The molecule has 1 fully saturated rings. The van der Waals surface area contributed by atoms with Crippen molar-refractivity contribution < 1.29 is 27.5 Å². The third-order valence-electron chi connectivity index (χ3n) is 4.87. The molecule has 29 heavy (non-hydrogen) atoms. The first-order chi connectivity index (χ1) is 13.8. The van der Waals surface area contributed by atoms with E-state index < -0.39 is 23.6 Å². The van der Waals surface area contributed by atoms with Crippen molar-refractivity contribution in [1.82, 2.24) is 4.90 Å². The standard InChI is InChI=1S/C21H21F3N2O3/c1-29-18-9-7-17(8-10-18)25-19(27)15-5-3-11-26(13-15)20(28)14-4-2-6-16(12-14)21(22,23)24/h2,4,6-10,12,15H,3,5,11,13H2,1H3,(H,25,27). The number of ether oxygens (including phenoxy) is 1. The molecule has 1 unspecified atom stereocenters. The van der Waals surface area contributed by atoms with E-state index >= 15 is 0 Å². The fraction of sp³-hybridized carbons (Fsp3) is 0.333. The minimum atomic E-state index is -4.51. The molecule has 2 amide bonds. The SMILES string of the molecule is COc1ccc(NC(=O)C2CCCN(C(=O)c3cccc(C(F)(F)F)c3)C2)cc1. The van der Waals surface area contributed by atoms with E-state index in [0.717, 1.165) is 12.1 Å². The van der Waals surface area contributed by atoms with Crippen LogP contribution >= 0.6 is 0 Å².